The molecule has 1 aliphatic rings. The van der Waals surface area contributed by atoms with Crippen molar-refractivity contribution in [3.8, 4) is 0 Å². The second-order valence-corrected chi connectivity index (χ2v) is 7.79. The van der Waals surface area contributed by atoms with Crippen molar-refractivity contribution >= 4 is 22.6 Å². The fourth-order valence-corrected chi connectivity index (χ4v) is 3.81. The molecule has 0 radical (unpaired) electrons. The Hall–Kier alpha value is -2.44. The van der Waals surface area contributed by atoms with Gasteiger partial charge in [-0.1, -0.05) is 30.3 Å². The molecule has 6 heteroatoms. The maximum Gasteiger partial charge on any atom is 0.251 e. The molecule has 0 saturated carbocycles. The lowest BCUT2D eigenvalue weighted by molar-refractivity contribution is -0.121. The third kappa shape index (κ3) is 6.54. The molecule has 6 nitrogen and oxygen atoms in total. The number of rotatable bonds is 8. The topological polar surface area (TPSA) is 70.7 Å². The number of nitrogens with one attached hydrogen (secondary N) is 2. The Labute approximate surface area is 172 Å². The second-order valence-electron chi connectivity index (χ2n) is 7.79. The Kier molecular flexibility index (Phi) is 7.61. The molecule has 0 aliphatic carbocycles. The molecule has 29 heavy (non-hydrogen) atoms. The lowest BCUT2D eigenvalue weighted by Gasteiger charge is -2.35. The molecule has 2 unspecified atom stereocenters. The van der Waals surface area contributed by atoms with Crippen LogP contribution in [0.2, 0.25) is 0 Å². The van der Waals surface area contributed by atoms with Gasteiger partial charge in [-0.2, -0.15) is 0 Å². The number of morpholine rings is 1. The molecule has 3 rings (SSSR count). The number of carbonyl (C=O) groups is 2. The summed E-state index contributed by atoms with van der Waals surface area (Å²) in [4.78, 5) is 26.7. The zero-order chi connectivity index (χ0) is 20.6. The number of benzene rings is 2. The van der Waals surface area contributed by atoms with Gasteiger partial charge in [0, 0.05) is 44.7 Å². The summed E-state index contributed by atoms with van der Waals surface area (Å²) >= 11 is 0. The summed E-state index contributed by atoms with van der Waals surface area (Å²) in [5.41, 5.74) is 0.609. The molecule has 1 aliphatic heterocycles. The molecule has 2 amide bonds. The van der Waals surface area contributed by atoms with E-state index in [1.54, 1.807) is 0 Å². The van der Waals surface area contributed by atoms with Gasteiger partial charge < -0.3 is 15.4 Å². The molecular weight excluding hydrogens is 366 g/mol. The van der Waals surface area contributed by atoms with Gasteiger partial charge >= 0.3 is 0 Å². The van der Waals surface area contributed by atoms with Crippen LogP contribution in [0.25, 0.3) is 10.8 Å². The average Bonchev–Trinajstić information content (AvgIpc) is 2.70. The lowest BCUT2D eigenvalue weighted by atomic mass is 10.1. The van der Waals surface area contributed by atoms with E-state index in [9.17, 15) is 9.59 Å². The van der Waals surface area contributed by atoms with Crippen LogP contribution in [-0.2, 0) is 9.53 Å². The number of nitrogens with zero attached hydrogens (tertiary/aromatic N) is 1. The fourth-order valence-electron chi connectivity index (χ4n) is 3.81. The first-order chi connectivity index (χ1) is 14.0. The Morgan fingerprint density at radius 1 is 1.00 bits per heavy atom. The van der Waals surface area contributed by atoms with Gasteiger partial charge in [-0.05, 0) is 43.2 Å². The van der Waals surface area contributed by atoms with Crippen molar-refractivity contribution in [3.63, 3.8) is 0 Å². The van der Waals surface area contributed by atoms with Crippen LogP contribution in [0.3, 0.4) is 0 Å². The van der Waals surface area contributed by atoms with Crippen molar-refractivity contribution in [2.45, 2.75) is 38.9 Å². The molecule has 2 aromatic carbocycles. The Morgan fingerprint density at radius 2 is 1.72 bits per heavy atom. The van der Waals surface area contributed by atoms with Gasteiger partial charge in [-0.25, -0.2) is 0 Å². The number of hydrogen-bond acceptors (Lipinski definition) is 4. The van der Waals surface area contributed by atoms with E-state index in [4.69, 9.17) is 4.74 Å². The van der Waals surface area contributed by atoms with Crippen LogP contribution in [0, 0.1) is 0 Å². The summed E-state index contributed by atoms with van der Waals surface area (Å²) in [5, 5.41) is 7.89. The molecule has 2 N–H and O–H groups in total. The molecular formula is C23H31N3O3. The highest BCUT2D eigenvalue weighted by molar-refractivity contribution is 5.98. The Balaban J connectivity index is 1.31. The normalized spacial score (nSPS) is 19.8. The molecule has 2 atom stereocenters. The van der Waals surface area contributed by atoms with Crippen LogP contribution in [0.4, 0.5) is 0 Å². The minimum Gasteiger partial charge on any atom is -0.373 e. The van der Waals surface area contributed by atoms with Crippen LogP contribution in [0.1, 0.15) is 37.0 Å². The SMILES string of the molecule is CC1CN(CCCNC(=O)CCNC(=O)c2ccc3ccccc3c2)CC(C)O1. The zero-order valence-electron chi connectivity index (χ0n) is 17.3. The van der Waals surface area contributed by atoms with E-state index in [2.05, 4.69) is 29.4 Å². The third-order valence-corrected chi connectivity index (χ3v) is 5.12. The number of carbonyl (C=O) groups excluding carboxylic acids is 2. The van der Waals surface area contributed by atoms with Crippen LogP contribution in [0.15, 0.2) is 42.5 Å². The van der Waals surface area contributed by atoms with Crippen LogP contribution in [0.5, 0.6) is 0 Å². The minimum atomic E-state index is -0.154. The van der Waals surface area contributed by atoms with E-state index >= 15 is 0 Å². The van der Waals surface area contributed by atoms with E-state index in [0.717, 1.165) is 36.8 Å². The van der Waals surface area contributed by atoms with Crippen molar-refractivity contribution in [2.75, 3.05) is 32.7 Å². The lowest BCUT2D eigenvalue weighted by Crippen LogP contribution is -2.46. The predicted molar refractivity (Wildman–Crippen MR) is 115 cm³/mol. The summed E-state index contributed by atoms with van der Waals surface area (Å²) in [5.74, 6) is -0.188. The van der Waals surface area contributed by atoms with E-state index in [-0.39, 0.29) is 30.4 Å². The highest BCUT2D eigenvalue weighted by Gasteiger charge is 2.21. The van der Waals surface area contributed by atoms with Crippen molar-refractivity contribution in [2.24, 2.45) is 0 Å². The van der Waals surface area contributed by atoms with E-state index in [0.29, 0.717) is 18.7 Å². The number of hydrogen-bond donors (Lipinski definition) is 2. The Bertz CT molecular complexity index is 829. The van der Waals surface area contributed by atoms with Gasteiger partial charge in [0.15, 0.2) is 0 Å². The summed E-state index contributed by atoms with van der Waals surface area (Å²) in [6.45, 7) is 8.01. The molecule has 0 spiro atoms. The number of fused-ring (bicyclic) bond motifs is 1. The van der Waals surface area contributed by atoms with Gasteiger partial charge in [0.2, 0.25) is 5.91 Å². The van der Waals surface area contributed by atoms with Gasteiger partial charge in [0.05, 0.1) is 12.2 Å². The maximum absolute atomic E-state index is 12.3. The van der Waals surface area contributed by atoms with Crippen molar-refractivity contribution in [3.05, 3.63) is 48.0 Å². The first-order valence-corrected chi connectivity index (χ1v) is 10.4. The first-order valence-electron chi connectivity index (χ1n) is 10.4. The largest absolute Gasteiger partial charge is 0.373 e. The highest BCUT2D eigenvalue weighted by Crippen LogP contribution is 2.15. The zero-order valence-corrected chi connectivity index (χ0v) is 17.3. The van der Waals surface area contributed by atoms with E-state index in [1.807, 2.05) is 42.5 Å². The molecule has 0 bridgehead atoms. The monoisotopic (exact) mass is 397 g/mol. The standard InChI is InChI=1S/C23H31N3O3/c1-17-15-26(16-18(2)29-17)13-5-11-24-22(27)10-12-25-23(28)21-9-8-19-6-3-4-7-20(19)14-21/h3-4,6-9,14,17-18H,5,10-13,15-16H2,1-2H3,(H,24,27)(H,25,28). The van der Waals surface area contributed by atoms with Crippen molar-refractivity contribution in [1.82, 2.24) is 15.5 Å². The summed E-state index contributed by atoms with van der Waals surface area (Å²) < 4.78 is 5.73. The summed E-state index contributed by atoms with van der Waals surface area (Å²) in [6, 6.07) is 13.5. The van der Waals surface area contributed by atoms with E-state index in [1.165, 1.54) is 0 Å². The van der Waals surface area contributed by atoms with Crippen molar-refractivity contribution in [1.29, 1.82) is 0 Å². The van der Waals surface area contributed by atoms with Crippen LogP contribution < -0.4 is 10.6 Å². The maximum atomic E-state index is 12.3. The highest BCUT2D eigenvalue weighted by atomic mass is 16.5. The minimum absolute atomic E-state index is 0.0347. The van der Waals surface area contributed by atoms with Crippen LogP contribution in [-0.4, -0.2) is 61.6 Å². The first kappa shape index (κ1) is 21.3. The third-order valence-electron chi connectivity index (χ3n) is 5.12. The van der Waals surface area contributed by atoms with Gasteiger partial charge in [0.1, 0.15) is 0 Å². The van der Waals surface area contributed by atoms with Gasteiger partial charge in [-0.15, -0.1) is 0 Å². The molecule has 1 saturated heterocycles. The van der Waals surface area contributed by atoms with Gasteiger partial charge in [0.25, 0.3) is 5.91 Å². The molecule has 2 aromatic rings. The average molecular weight is 398 g/mol. The predicted octanol–water partition coefficient (Wildman–Crippen LogP) is 2.58. The second kappa shape index (κ2) is 10.4. The molecule has 1 fully saturated rings. The summed E-state index contributed by atoms with van der Waals surface area (Å²) in [7, 11) is 0. The molecule has 1 heterocycles. The quantitative estimate of drug-likeness (QED) is 0.672. The van der Waals surface area contributed by atoms with Gasteiger partial charge in [-0.3, -0.25) is 14.5 Å². The number of ether oxygens (including phenoxy) is 1. The number of amides is 2. The smallest absolute Gasteiger partial charge is 0.251 e. The molecule has 156 valence electrons. The van der Waals surface area contributed by atoms with E-state index < -0.39 is 0 Å². The van der Waals surface area contributed by atoms with Crippen LogP contribution >= 0.6 is 0 Å². The fraction of sp³-hybridized carbons (Fsp3) is 0.478. The van der Waals surface area contributed by atoms with Crippen molar-refractivity contribution < 1.29 is 14.3 Å². The Morgan fingerprint density at radius 3 is 2.48 bits per heavy atom. The summed E-state index contributed by atoms with van der Waals surface area (Å²) in [6.07, 6.45) is 1.72. The molecule has 0 aromatic heterocycles.